The Balaban J connectivity index is 0. The molecule has 0 aliphatic heterocycles. The van der Waals surface area contributed by atoms with Crippen LogP contribution in [0.1, 0.15) is 20.3 Å². The van der Waals surface area contributed by atoms with Crippen LogP contribution in [0.5, 0.6) is 0 Å². The number of hydrogen-bond donors (Lipinski definition) is 1. The van der Waals surface area contributed by atoms with Gasteiger partial charge in [-0.15, -0.1) is 5.54 Å². The zero-order valence-electron chi connectivity index (χ0n) is 4.99. The molecule has 1 unspecified atom stereocenters. The third kappa shape index (κ3) is 10.9. The molecule has 0 rings (SSSR count). The van der Waals surface area contributed by atoms with E-state index in [-0.39, 0.29) is 36.7 Å². The summed E-state index contributed by atoms with van der Waals surface area (Å²) in [5.74, 6) is 0. The first-order valence-electron chi connectivity index (χ1n) is 2.20. The molecule has 1 nitrogen and oxygen atoms in total. The van der Waals surface area contributed by atoms with Gasteiger partial charge in [0, 0.05) is 31.1 Å². The molecule has 0 radical (unpaired) electrons. The predicted molar refractivity (Wildman–Crippen MR) is 28.2 cm³/mol. The van der Waals surface area contributed by atoms with Gasteiger partial charge in [0.25, 0.3) is 0 Å². The number of nitrogens with two attached hydrogens (primary N) is 1. The van der Waals surface area contributed by atoms with Gasteiger partial charge in [-0.3, -0.25) is 0 Å². The molecule has 2 N–H and O–H groups in total. The fourth-order valence-electron chi connectivity index (χ4n) is 0. The van der Waals surface area contributed by atoms with E-state index >= 15 is 0 Å². The summed E-state index contributed by atoms with van der Waals surface area (Å²) in [6.07, 6.45) is 0.938. The number of rotatable bonds is 1. The average molecular weight is 324 g/mol. The van der Waals surface area contributed by atoms with E-state index in [4.69, 9.17) is 5.73 Å². The van der Waals surface area contributed by atoms with E-state index in [1.54, 1.807) is 0 Å². The second kappa shape index (κ2) is 3.95. The largest absolute Gasteiger partial charge is 0.354 e. The maximum atomic E-state index is 5.42. The Kier molecular flexibility index (Phi) is 6.15. The van der Waals surface area contributed by atoms with Crippen LogP contribution in [0.25, 0.3) is 0 Å². The zero-order chi connectivity index (χ0) is 5.21. The summed E-state index contributed by atoms with van der Waals surface area (Å²) in [4.78, 5) is 0. The fourth-order valence-corrected chi connectivity index (χ4v) is 0. The molecular weight excluding hydrogens is 312 g/mol. The molecule has 0 bridgehead atoms. The molecule has 0 fully saturated rings. The Labute approximate surface area is 69.4 Å². The maximum absolute atomic E-state index is 5.42. The molecule has 0 saturated heterocycles. The Bertz CT molecular complexity index is 37.8. The first kappa shape index (κ1) is 10.9. The molecule has 42 valence electrons. The van der Waals surface area contributed by atoms with E-state index in [2.05, 4.69) is 6.92 Å². The summed E-state index contributed by atoms with van der Waals surface area (Å²) in [5, 5.41) is 0. The van der Waals surface area contributed by atoms with Gasteiger partial charge in [-0.2, -0.15) is 0 Å². The average Bonchev–Trinajstić information content (AvgIpc) is 1.35. The van der Waals surface area contributed by atoms with Gasteiger partial charge in [-0.25, -0.2) is 0 Å². The normalized spacial score (nSPS) is 17.1. The first-order chi connectivity index (χ1) is 2.56. The molecule has 1 atom stereocenters. The molecule has 0 aromatic rings. The van der Waals surface area contributed by atoms with Crippen LogP contribution in [-0.4, -0.2) is 5.54 Å². The summed E-state index contributed by atoms with van der Waals surface area (Å²) in [6.45, 7) is 7.60. The van der Waals surface area contributed by atoms with Crippen molar-refractivity contribution in [2.24, 2.45) is 5.73 Å². The summed E-state index contributed by atoms with van der Waals surface area (Å²) in [6, 6.07) is 0. The van der Waals surface area contributed by atoms with Crippen molar-refractivity contribution >= 4 is 0 Å². The Morgan fingerprint density at radius 2 is 1.86 bits per heavy atom. The van der Waals surface area contributed by atoms with Gasteiger partial charge in [0.05, 0.1) is 0 Å². The summed E-state index contributed by atoms with van der Waals surface area (Å²) < 4.78 is 0. The fraction of sp³-hybridized carbons (Fsp3) is 0.800. The Hall–Kier alpha value is 1.01. The van der Waals surface area contributed by atoms with E-state index in [9.17, 15) is 0 Å². The summed E-state index contributed by atoms with van der Waals surface area (Å²) >= 11 is 0. The van der Waals surface area contributed by atoms with E-state index in [1.807, 2.05) is 13.8 Å². The van der Waals surface area contributed by atoms with Crippen LogP contribution in [0.3, 0.4) is 0 Å². The second-order valence-electron chi connectivity index (χ2n) is 2.01. The van der Waals surface area contributed by atoms with Crippen LogP contribution in [0.4, 0.5) is 0 Å². The van der Waals surface area contributed by atoms with Crippen molar-refractivity contribution < 1.29 is 31.1 Å². The van der Waals surface area contributed by atoms with E-state index in [1.165, 1.54) is 0 Å². The van der Waals surface area contributed by atoms with Crippen molar-refractivity contribution in [1.82, 2.24) is 0 Å². The topological polar surface area (TPSA) is 26.0 Å². The minimum atomic E-state index is -0.208. The van der Waals surface area contributed by atoms with Crippen LogP contribution in [0.2, 0.25) is 0 Å². The van der Waals surface area contributed by atoms with Crippen molar-refractivity contribution in [2.75, 3.05) is 0 Å². The monoisotopic (exact) mass is 324 g/mol. The van der Waals surface area contributed by atoms with Gasteiger partial charge in [-0.05, 0) is 0 Å². The second-order valence-corrected chi connectivity index (χ2v) is 2.01. The van der Waals surface area contributed by atoms with Crippen molar-refractivity contribution in [3.05, 3.63) is 6.92 Å². The minimum Gasteiger partial charge on any atom is -0.354 e. The van der Waals surface area contributed by atoms with Crippen molar-refractivity contribution in [2.45, 2.75) is 25.8 Å². The van der Waals surface area contributed by atoms with Gasteiger partial charge in [-0.1, -0.05) is 20.3 Å². The molecule has 0 aromatic carbocycles. The van der Waals surface area contributed by atoms with E-state index < -0.39 is 0 Å². The molecule has 0 amide bonds. The molecule has 7 heavy (non-hydrogen) atoms. The zero-order valence-corrected chi connectivity index (χ0v) is 9.16. The number of hydrogen-bond acceptors (Lipinski definition) is 1. The van der Waals surface area contributed by atoms with Crippen molar-refractivity contribution in [3.8, 4) is 0 Å². The van der Waals surface area contributed by atoms with E-state index in [0.29, 0.717) is 0 Å². The summed E-state index contributed by atoms with van der Waals surface area (Å²) in [7, 11) is 0. The van der Waals surface area contributed by atoms with Crippen molar-refractivity contribution in [1.29, 1.82) is 0 Å². The van der Waals surface area contributed by atoms with Crippen LogP contribution >= 0.6 is 0 Å². The van der Waals surface area contributed by atoms with Gasteiger partial charge < -0.3 is 12.7 Å². The van der Waals surface area contributed by atoms with Gasteiger partial charge in [0.2, 0.25) is 0 Å². The molecule has 0 saturated carbocycles. The maximum Gasteiger partial charge on any atom is 0 e. The van der Waals surface area contributed by atoms with Crippen LogP contribution in [-0.2, 0) is 0 Å². The van der Waals surface area contributed by atoms with E-state index in [0.717, 1.165) is 6.42 Å². The van der Waals surface area contributed by atoms with Gasteiger partial charge in [0.1, 0.15) is 0 Å². The Morgan fingerprint density at radius 3 is 1.86 bits per heavy atom. The van der Waals surface area contributed by atoms with Gasteiger partial charge in [0.15, 0.2) is 0 Å². The predicted octanol–water partition coefficient (Wildman–Crippen LogP) is 0.948. The molecule has 0 aromatic heterocycles. The molecule has 2 heteroatoms. The SMILES string of the molecule is [CH2-]C(C)(N)CC.[U]. The first-order valence-corrected chi connectivity index (χ1v) is 2.20. The Morgan fingerprint density at radius 1 is 1.71 bits per heavy atom. The molecular formula is C5H12NU-. The molecule has 0 aliphatic carbocycles. The third-order valence-corrected chi connectivity index (χ3v) is 0.808. The molecule has 0 heterocycles. The molecule has 0 aliphatic rings. The third-order valence-electron chi connectivity index (χ3n) is 0.808. The van der Waals surface area contributed by atoms with Gasteiger partial charge >= 0.3 is 0 Å². The standard InChI is InChI=1S/C5H12N.U/c1-4-5(2,3)6;/h2,4,6H2,1,3H3;/q-1;. The smallest absolute Gasteiger partial charge is 0 e. The summed E-state index contributed by atoms with van der Waals surface area (Å²) in [5.41, 5.74) is 5.22. The quantitative estimate of drug-likeness (QED) is 0.714. The molecule has 0 spiro atoms. The van der Waals surface area contributed by atoms with Crippen LogP contribution < -0.4 is 5.73 Å². The minimum absolute atomic E-state index is 0. The van der Waals surface area contributed by atoms with Crippen molar-refractivity contribution in [3.63, 3.8) is 0 Å². The van der Waals surface area contributed by atoms with Crippen LogP contribution in [0.15, 0.2) is 0 Å². The van der Waals surface area contributed by atoms with Crippen LogP contribution in [0, 0.1) is 38.0 Å².